The second-order valence-electron chi connectivity index (χ2n) is 4.47. The molecule has 0 aliphatic rings. The predicted octanol–water partition coefficient (Wildman–Crippen LogP) is -0.127. The van der Waals surface area contributed by atoms with Gasteiger partial charge >= 0.3 is 5.97 Å². The molecule has 0 aliphatic heterocycles. The Bertz CT molecular complexity index is 630. The van der Waals surface area contributed by atoms with Crippen molar-refractivity contribution in [1.29, 1.82) is 0 Å². The van der Waals surface area contributed by atoms with Crippen LogP contribution in [0.15, 0.2) is 24.3 Å². The molecule has 1 aromatic carbocycles. The number of tetrazole rings is 1. The Balaban J connectivity index is 2.47. The number of aryl methyl sites for hydroxylation is 1. The fourth-order valence-corrected chi connectivity index (χ4v) is 2.03. The highest BCUT2D eigenvalue weighted by atomic mass is 19.1. The molecule has 20 heavy (non-hydrogen) atoms. The Kier molecular flexibility index (Phi) is 3.75. The van der Waals surface area contributed by atoms with E-state index >= 15 is 0 Å². The maximum atomic E-state index is 13.4. The van der Waals surface area contributed by atoms with Gasteiger partial charge in [-0.25, -0.2) is 4.39 Å². The van der Waals surface area contributed by atoms with E-state index in [1.165, 1.54) is 23.0 Å². The summed E-state index contributed by atoms with van der Waals surface area (Å²) in [6.07, 6.45) is -0.0594. The van der Waals surface area contributed by atoms with Crippen LogP contribution in [0, 0.1) is 5.82 Å². The normalized spacial score (nSPS) is 13.9. The lowest BCUT2D eigenvalue weighted by atomic mass is 9.77. The maximum absolute atomic E-state index is 13.4. The van der Waals surface area contributed by atoms with Crippen LogP contribution in [0.3, 0.4) is 0 Å². The lowest BCUT2D eigenvalue weighted by Crippen LogP contribution is -2.45. The smallest absolute Gasteiger partial charge is 0.315 e. The van der Waals surface area contributed by atoms with Gasteiger partial charge in [-0.1, -0.05) is 12.1 Å². The quantitative estimate of drug-likeness (QED) is 0.789. The Hall–Kier alpha value is -2.35. The SMILES string of the molecule is Cn1nnc(CC(CN)(C(=O)O)c2cccc(F)c2)n1. The molecule has 8 heteroatoms. The van der Waals surface area contributed by atoms with E-state index in [0.717, 1.165) is 6.07 Å². The molecule has 0 radical (unpaired) electrons. The van der Waals surface area contributed by atoms with E-state index in [9.17, 15) is 14.3 Å². The van der Waals surface area contributed by atoms with Gasteiger partial charge < -0.3 is 10.8 Å². The summed E-state index contributed by atoms with van der Waals surface area (Å²) in [6.45, 7) is -0.204. The summed E-state index contributed by atoms with van der Waals surface area (Å²) in [5.74, 6) is -1.43. The molecule has 0 amide bonds. The van der Waals surface area contributed by atoms with E-state index in [0.29, 0.717) is 0 Å². The van der Waals surface area contributed by atoms with Gasteiger partial charge in [-0.15, -0.1) is 10.2 Å². The van der Waals surface area contributed by atoms with Crippen molar-refractivity contribution in [2.75, 3.05) is 6.54 Å². The van der Waals surface area contributed by atoms with Crippen molar-refractivity contribution < 1.29 is 14.3 Å². The number of hydrogen-bond acceptors (Lipinski definition) is 5. The third-order valence-electron chi connectivity index (χ3n) is 3.14. The zero-order valence-electron chi connectivity index (χ0n) is 10.8. The minimum Gasteiger partial charge on any atom is -0.481 e. The number of benzene rings is 1. The van der Waals surface area contributed by atoms with Gasteiger partial charge in [0.25, 0.3) is 0 Å². The third kappa shape index (κ3) is 2.50. The van der Waals surface area contributed by atoms with E-state index in [-0.39, 0.29) is 24.4 Å². The molecule has 7 nitrogen and oxygen atoms in total. The molecule has 2 aromatic rings. The largest absolute Gasteiger partial charge is 0.481 e. The third-order valence-corrected chi connectivity index (χ3v) is 3.14. The molecular weight excluding hydrogens is 265 g/mol. The highest BCUT2D eigenvalue weighted by Gasteiger charge is 2.41. The number of nitrogens with zero attached hydrogens (tertiary/aromatic N) is 4. The van der Waals surface area contributed by atoms with Gasteiger partial charge in [-0.2, -0.15) is 4.80 Å². The van der Waals surface area contributed by atoms with Crippen LogP contribution in [0.1, 0.15) is 11.4 Å². The summed E-state index contributed by atoms with van der Waals surface area (Å²) in [5, 5.41) is 20.9. The van der Waals surface area contributed by atoms with Crippen LogP contribution in [-0.2, 0) is 23.7 Å². The minimum absolute atomic E-state index is 0.0594. The first-order valence-corrected chi connectivity index (χ1v) is 5.90. The molecule has 0 spiro atoms. The molecule has 1 heterocycles. The van der Waals surface area contributed by atoms with Crippen LogP contribution in [0.4, 0.5) is 4.39 Å². The summed E-state index contributed by atoms with van der Waals surface area (Å²) in [6, 6.07) is 5.38. The van der Waals surface area contributed by atoms with Gasteiger partial charge in [-0.3, -0.25) is 4.79 Å². The Morgan fingerprint density at radius 2 is 2.30 bits per heavy atom. The highest BCUT2D eigenvalue weighted by Crippen LogP contribution is 2.27. The average molecular weight is 279 g/mol. The van der Waals surface area contributed by atoms with Crippen LogP contribution >= 0.6 is 0 Å². The van der Waals surface area contributed by atoms with Gasteiger partial charge in [0.05, 0.1) is 7.05 Å². The van der Waals surface area contributed by atoms with Crippen molar-refractivity contribution in [2.24, 2.45) is 12.8 Å². The van der Waals surface area contributed by atoms with Gasteiger partial charge in [0.2, 0.25) is 0 Å². The Labute approximate surface area is 114 Å². The van der Waals surface area contributed by atoms with Gasteiger partial charge in [0.15, 0.2) is 5.82 Å². The van der Waals surface area contributed by atoms with Crippen molar-refractivity contribution in [2.45, 2.75) is 11.8 Å². The van der Waals surface area contributed by atoms with Crippen molar-refractivity contribution in [3.05, 3.63) is 41.5 Å². The lowest BCUT2D eigenvalue weighted by molar-refractivity contribution is -0.143. The van der Waals surface area contributed by atoms with Crippen molar-refractivity contribution in [3.8, 4) is 0 Å². The number of aromatic nitrogens is 4. The van der Waals surface area contributed by atoms with Crippen LogP contribution in [0.5, 0.6) is 0 Å². The molecule has 2 rings (SSSR count). The molecule has 0 saturated heterocycles. The first-order chi connectivity index (χ1) is 9.48. The van der Waals surface area contributed by atoms with Gasteiger partial charge in [-0.05, 0) is 22.9 Å². The van der Waals surface area contributed by atoms with Gasteiger partial charge in [0.1, 0.15) is 11.2 Å². The second kappa shape index (κ2) is 5.33. The van der Waals surface area contributed by atoms with E-state index < -0.39 is 17.2 Å². The van der Waals surface area contributed by atoms with E-state index in [1.807, 2.05) is 0 Å². The number of hydrogen-bond donors (Lipinski definition) is 2. The molecule has 0 fully saturated rings. The minimum atomic E-state index is -1.48. The number of rotatable bonds is 5. The molecule has 0 bridgehead atoms. The predicted molar refractivity (Wildman–Crippen MR) is 67.3 cm³/mol. The fourth-order valence-electron chi connectivity index (χ4n) is 2.03. The molecule has 3 N–H and O–H groups in total. The number of nitrogens with two attached hydrogens (primary N) is 1. The summed E-state index contributed by atoms with van der Waals surface area (Å²) < 4.78 is 13.4. The van der Waals surface area contributed by atoms with Crippen molar-refractivity contribution >= 4 is 5.97 Å². The zero-order chi connectivity index (χ0) is 14.8. The zero-order valence-corrected chi connectivity index (χ0v) is 10.8. The van der Waals surface area contributed by atoms with Gasteiger partial charge in [0, 0.05) is 13.0 Å². The fraction of sp³-hybridized carbons (Fsp3) is 0.333. The molecular formula is C12H14FN5O2. The molecule has 1 unspecified atom stereocenters. The second-order valence-corrected chi connectivity index (χ2v) is 4.47. The highest BCUT2D eigenvalue weighted by molar-refractivity contribution is 5.82. The molecule has 1 atom stereocenters. The van der Waals surface area contributed by atoms with E-state index in [1.54, 1.807) is 7.05 Å². The van der Waals surface area contributed by atoms with Crippen molar-refractivity contribution in [1.82, 2.24) is 20.2 Å². The van der Waals surface area contributed by atoms with Crippen LogP contribution in [0.25, 0.3) is 0 Å². The summed E-state index contributed by atoms with van der Waals surface area (Å²) in [7, 11) is 1.57. The maximum Gasteiger partial charge on any atom is 0.315 e. The molecule has 0 aliphatic carbocycles. The Morgan fingerprint density at radius 1 is 1.55 bits per heavy atom. The van der Waals surface area contributed by atoms with Crippen LogP contribution in [-0.4, -0.2) is 37.8 Å². The summed E-state index contributed by atoms with van der Waals surface area (Å²) >= 11 is 0. The summed E-state index contributed by atoms with van der Waals surface area (Å²) in [5.41, 5.74) is 4.46. The van der Waals surface area contributed by atoms with Crippen LogP contribution in [0.2, 0.25) is 0 Å². The topological polar surface area (TPSA) is 107 Å². The lowest BCUT2D eigenvalue weighted by Gasteiger charge is -2.27. The number of halogens is 1. The van der Waals surface area contributed by atoms with E-state index in [2.05, 4.69) is 15.4 Å². The number of aliphatic carboxylic acids is 1. The number of carbonyl (C=O) groups is 1. The number of carboxylic acid groups (broad SMARTS) is 1. The van der Waals surface area contributed by atoms with Crippen LogP contribution < -0.4 is 5.73 Å². The molecule has 0 saturated carbocycles. The summed E-state index contributed by atoms with van der Waals surface area (Å²) in [4.78, 5) is 12.9. The first-order valence-electron chi connectivity index (χ1n) is 5.90. The molecule has 106 valence electrons. The molecule has 1 aromatic heterocycles. The van der Waals surface area contributed by atoms with E-state index in [4.69, 9.17) is 5.73 Å². The van der Waals surface area contributed by atoms with Crippen molar-refractivity contribution in [3.63, 3.8) is 0 Å². The monoisotopic (exact) mass is 279 g/mol. The Morgan fingerprint density at radius 3 is 2.80 bits per heavy atom. The number of carboxylic acids is 1. The average Bonchev–Trinajstić information content (AvgIpc) is 2.81. The first kappa shape index (κ1) is 14.1. The standard InChI is InChI=1S/C12H14FN5O2/c1-18-16-10(15-17-18)6-12(7-14,11(19)20)8-3-2-4-9(13)5-8/h2-5H,6-7,14H2,1H3,(H,19,20).